The molecule has 2 unspecified atom stereocenters. The second-order valence-electron chi connectivity index (χ2n) is 3.97. The molecule has 0 spiro atoms. The van der Waals surface area contributed by atoms with Gasteiger partial charge in [-0.3, -0.25) is 0 Å². The van der Waals surface area contributed by atoms with E-state index in [-0.39, 0.29) is 19.1 Å². The van der Waals surface area contributed by atoms with Crippen molar-refractivity contribution in [2.24, 2.45) is 11.7 Å². The van der Waals surface area contributed by atoms with Gasteiger partial charge >= 0.3 is 5.97 Å². The summed E-state index contributed by atoms with van der Waals surface area (Å²) >= 11 is 0. The van der Waals surface area contributed by atoms with E-state index in [9.17, 15) is 9.90 Å². The van der Waals surface area contributed by atoms with E-state index < -0.39 is 12.1 Å². The molecule has 0 saturated carbocycles. The largest absolute Gasteiger partial charge is 0.461 e. The maximum Gasteiger partial charge on any atom is 0.335 e. The Balaban J connectivity index is 3.80. The van der Waals surface area contributed by atoms with Gasteiger partial charge in [-0.05, 0) is 32.2 Å². The van der Waals surface area contributed by atoms with E-state index in [0.717, 1.165) is 6.42 Å². The summed E-state index contributed by atoms with van der Waals surface area (Å²) in [7, 11) is 0. The Morgan fingerprint density at radius 2 is 2.00 bits per heavy atom. The van der Waals surface area contributed by atoms with Crippen molar-refractivity contribution in [1.29, 1.82) is 0 Å². The van der Waals surface area contributed by atoms with Gasteiger partial charge in [0.15, 0.2) is 6.10 Å². The van der Waals surface area contributed by atoms with Crippen molar-refractivity contribution in [3.05, 3.63) is 0 Å². The maximum atomic E-state index is 11.2. The van der Waals surface area contributed by atoms with Gasteiger partial charge in [0, 0.05) is 0 Å². The third kappa shape index (κ3) is 5.94. The van der Waals surface area contributed by atoms with Crippen molar-refractivity contribution in [3.63, 3.8) is 0 Å². The van der Waals surface area contributed by atoms with Crippen LogP contribution in [0, 0.1) is 5.92 Å². The Morgan fingerprint density at radius 3 is 2.43 bits per heavy atom. The molecule has 84 valence electrons. The first kappa shape index (κ1) is 13.4. The standard InChI is InChI=1S/C10H21NO3/c1-7(2)6-8(3)14-10(13)9(12)4-5-11/h7-9,12H,4-6,11H2,1-3H3. The Labute approximate surface area is 85.4 Å². The summed E-state index contributed by atoms with van der Waals surface area (Å²) in [5.41, 5.74) is 5.21. The molecule has 0 heterocycles. The Kier molecular flexibility index (Phi) is 6.49. The average molecular weight is 203 g/mol. The van der Waals surface area contributed by atoms with Crippen molar-refractivity contribution in [3.8, 4) is 0 Å². The van der Waals surface area contributed by atoms with Gasteiger partial charge in [-0.2, -0.15) is 0 Å². The maximum absolute atomic E-state index is 11.2. The van der Waals surface area contributed by atoms with Crippen LogP contribution in [0.5, 0.6) is 0 Å². The number of hydrogen-bond acceptors (Lipinski definition) is 4. The molecule has 4 nitrogen and oxygen atoms in total. The van der Waals surface area contributed by atoms with Crippen LogP contribution in [0.1, 0.15) is 33.6 Å². The SMILES string of the molecule is CC(C)CC(C)OC(=O)C(O)CCN. The van der Waals surface area contributed by atoms with E-state index in [1.54, 1.807) is 0 Å². The minimum Gasteiger partial charge on any atom is -0.461 e. The number of esters is 1. The molecule has 0 radical (unpaired) electrons. The molecule has 0 saturated heterocycles. The van der Waals surface area contributed by atoms with Gasteiger partial charge in [0.2, 0.25) is 0 Å². The molecule has 0 aromatic carbocycles. The zero-order valence-electron chi connectivity index (χ0n) is 9.19. The van der Waals surface area contributed by atoms with Crippen molar-refractivity contribution in [2.75, 3.05) is 6.54 Å². The molecule has 4 heteroatoms. The summed E-state index contributed by atoms with van der Waals surface area (Å²) in [6.07, 6.45) is -0.154. The van der Waals surface area contributed by atoms with Gasteiger partial charge < -0.3 is 15.6 Å². The number of aliphatic hydroxyl groups excluding tert-OH is 1. The number of aliphatic hydroxyl groups is 1. The Bertz CT molecular complexity index is 171. The van der Waals surface area contributed by atoms with Crippen LogP contribution in [0.2, 0.25) is 0 Å². The third-order valence-corrected chi connectivity index (χ3v) is 1.83. The number of nitrogens with two attached hydrogens (primary N) is 1. The molecule has 14 heavy (non-hydrogen) atoms. The summed E-state index contributed by atoms with van der Waals surface area (Å²) in [6.45, 7) is 6.23. The normalized spacial score (nSPS) is 15.3. The molecular formula is C10H21NO3. The minimum atomic E-state index is -1.07. The van der Waals surface area contributed by atoms with Gasteiger partial charge in [0.1, 0.15) is 0 Å². The summed E-state index contributed by atoms with van der Waals surface area (Å²) in [6, 6.07) is 0. The highest BCUT2D eigenvalue weighted by molar-refractivity contribution is 5.74. The van der Waals surface area contributed by atoms with Gasteiger partial charge in [0.25, 0.3) is 0 Å². The second-order valence-corrected chi connectivity index (χ2v) is 3.97. The van der Waals surface area contributed by atoms with E-state index in [4.69, 9.17) is 10.5 Å². The lowest BCUT2D eigenvalue weighted by atomic mass is 10.1. The van der Waals surface area contributed by atoms with E-state index in [1.165, 1.54) is 0 Å². The van der Waals surface area contributed by atoms with E-state index in [1.807, 2.05) is 6.92 Å². The van der Waals surface area contributed by atoms with E-state index >= 15 is 0 Å². The summed E-state index contributed by atoms with van der Waals surface area (Å²) in [5, 5.41) is 9.25. The predicted octanol–water partition coefficient (Wildman–Crippen LogP) is 0.674. The van der Waals surface area contributed by atoms with Crippen LogP contribution < -0.4 is 5.73 Å². The quantitative estimate of drug-likeness (QED) is 0.622. The van der Waals surface area contributed by atoms with Crippen molar-refractivity contribution in [2.45, 2.75) is 45.8 Å². The number of hydrogen-bond donors (Lipinski definition) is 2. The monoisotopic (exact) mass is 203 g/mol. The molecule has 0 bridgehead atoms. The molecular weight excluding hydrogens is 182 g/mol. The summed E-state index contributed by atoms with van der Waals surface area (Å²) in [4.78, 5) is 11.2. The lowest BCUT2D eigenvalue weighted by Gasteiger charge is -2.17. The van der Waals surface area contributed by atoms with Crippen LogP contribution in [0.3, 0.4) is 0 Å². The first-order valence-corrected chi connectivity index (χ1v) is 5.06. The van der Waals surface area contributed by atoms with Gasteiger partial charge in [-0.1, -0.05) is 13.8 Å². The Hall–Kier alpha value is -0.610. The molecule has 0 aliphatic carbocycles. The van der Waals surface area contributed by atoms with E-state index in [0.29, 0.717) is 5.92 Å². The fourth-order valence-electron chi connectivity index (χ4n) is 1.26. The first-order valence-electron chi connectivity index (χ1n) is 5.06. The van der Waals surface area contributed by atoms with Crippen molar-refractivity contribution in [1.82, 2.24) is 0 Å². The lowest BCUT2D eigenvalue weighted by molar-refractivity contribution is -0.159. The molecule has 0 aliphatic heterocycles. The highest BCUT2D eigenvalue weighted by Crippen LogP contribution is 2.08. The minimum absolute atomic E-state index is 0.144. The number of rotatable bonds is 6. The smallest absolute Gasteiger partial charge is 0.335 e. The number of ether oxygens (including phenoxy) is 1. The molecule has 0 amide bonds. The van der Waals surface area contributed by atoms with Crippen LogP contribution in [-0.4, -0.2) is 29.8 Å². The summed E-state index contributed by atoms with van der Waals surface area (Å²) in [5.74, 6) is -0.0898. The molecule has 0 aromatic heterocycles. The van der Waals surface area contributed by atoms with Gasteiger partial charge in [-0.25, -0.2) is 4.79 Å². The fourth-order valence-corrected chi connectivity index (χ4v) is 1.26. The average Bonchev–Trinajstić information content (AvgIpc) is 2.02. The molecule has 3 N–H and O–H groups in total. The molecule has 0 rings (SSSR count). The van der Waals surface area contributed by atoms with Crippen LogP contribution in [0.25, 0.3) is 0 Å². The lowest BCUT2D eigenvalue weighted by Crippen LogP contribution is -2.29. The number of carbonyl (C=O) groups excluding carboxylic acids is 1. The zero-order valence-corrected chi connectivity index (χ0v) is 9.19. The zero-order chi connectivity index (χ0) is 11.1. The van der Waals surface area contributed by atoms with Gasteiger partial charge in [-0.15, -0.1) is 0 Å². The first-order chi connectivity index (χ1) is 6.47. The summed E-state index contributed by atoms with van der Waals surface area (Å²) < 4.78 is 5.03. The van der Waals surface area contributed by atoms with Crippen LogP contribution >= 0.6 is 0 Å². The van der Waals surface area contributed by atoms with Gasteiger partial charge in [0.05, 0.1) is 6.10 Å². The third-order valence-electron chi connectivity index (χ3n) is 1.83. The molecule has 2 atom stereocenters. The van der Waals surface area contributed by atoms with Crippen LogP contribution in [0.15, 0.2) is 0 Å². The van der Waals surface area contributed by atoms with Crippen LogP contribution in [-0.2, 0) is 9.53 Å². The molecule has 0 fully saturated rings. The number of carbonyl (C=O) groups is 1. The second kappa shape index (κ2) is 6.79. The fraction of sp³-hybridized carbons (Fsp3) is 0.900. The predicted molar refractivity (Wildman–Crippen MR) is 54.7 cm³/mol. The molecule has 0 aromatic rings. The highest BCUT2D eigenvalue weighted by Gasteiger charge is 2.18. The van der Waals surface area contributed by atoms with Crippen LogP contribution in [0.4, 0.5) is 0 Å². The molecule has 0 aliphatic rings. The van der Waals surface area contributed by atoms with Crippen molar-refractivity contribution < 1.29 is 14.6 Å². The topological polar surface area (TPSA) is 72.5 Å². The highest BCUT2D eigenvalue weighted by atomic mass is 16.6. The van der Waals surface area contributed by atoms with E-state index in [2.05, 4.69) is 13.8 Å². The Morgan fingerprint density at radius 1 is 1.43 bits per heavy atom. The van der Waals surface area contributed by atoms with Crippen molar-refractivity contribution >= 4 is 5.97 Å².